The second-order valence-corrected chi connectivity index (χ2v) is 8.02. The average Bonchev–Trinajstić information content (AvgIpc) is 3.10. The van der Waals surface area contributed by atoms with Crippen molar-refractivity contribution in [2.24, 2.45) is 5.10 Å². The first kappa shape index (κ1) is 22.1. The summed E-state index contributed by atoms with van der Waals surface area (Å²) in [5, 5.41) is 5.21. The van der Waals surface area contributed by atoms with Crippen molar-refractivity contribution in [1.82, 2.24) is 15.0 Å². The van der Waals surface area contributed by atoms with Crippen LogP contribution < -0.4 is 15.1 Å². The Balaban J connectivity index is 1.41. The number of benzene rings is 2. The molecule has 4 aromatic rings. The highest BCUT2D eigenvalue weighted by molar-refractivity contribution is 5.85. The molecule has 0 aliphatic rings. The van der Waals surface area contributed by atoms with Crippen molar-refractivity contribution in [1.29, 1.82) is 0 Å². The number of anilines is 1. The van der Waals surface area contributed by atoms with E-state index in [9.17, 15) is 4.79 Å². The van der Waals surface area contributed by atoms with Gasteiger partial charge in [-0.15, -0.1) is 0 Å². The lowest BCUT2D eigenvalue weighted by molar-refractivity contribution is -0.123. The summed E-state index contributed by atoms with van der Waals surface area (Å²) in [4.78, 5) is 18.5. The van der Waals surface area contributed by atoms with E-state index < -0.39 is 0 Å². The molecule has 0 saturated carbocycles. The van der Waals surface area contributed by atoms with Crippen LogP contribution in [0.3, 0.4) is 0 Å². The molecule has 0 fully saturated rings. The smallest absolute Gasteiger partial charge is 0.277 e. The highest BCUT2D eigenvalue weighted by Crippen LogP contribution is 2.23. The number of pyridine rings is 1. The van der Waals surface area contributed by atoms with Crippen LogP contribution in [0.4, 0.5) is 5.69 Å². The van der Waals surface area contributed by atoms with Crippen molar-refractivity contribution in [3.05, 3.63) is 83.8 Å². The molecular formula is C26H27N5O2. The van der Waals surface area contributed by atoms with Crippen LogP contribution in [0.2, 0.25) is 0 Å². The second kappa shape index (κ2) is 9.56. The summed E-state index contributed by atoms with van der Waals surface area (Å²) in [7, 11) is 3.91. The number of hydrogen-bond acceptors (Lipinski definition) is 5. The molecule has 0 radical (unpaired) electrons. The number of aryl methyl sites for hydroxylation is 1. The molecule has 0 spiro atoms. The molecule has 1 N–H and O–H groups in total. The van der Waals surface area contributed by atoms with Crippen molar-refractivity contribution < 1.29 is 9.53 Å². The molecule has 0 saturated heterocycles. The van der Waals surface area contributed by atoms with Gasteiger partial charge in [0.1, 0.15) is 5.75 Å². The summed E-state index contributed by atoms with van der Waals surface area (Å²) in [5.41, 5.74) is 8.60. The lowest BCUT2D eigenvalue weighted by atomic mass is 10.2. The van der Waals surface area contributed by atoms with Gasteiger partial charge in [-0.1, -0.05) is 12.1 Å². The van der Waals surface area contributed by atoms with Crippen LogP contribution in [0.15, 0.2) is 72.0 Å². The predicted octanol–water partition coefficient (Wildman–Crippen LogP) is 4.24. The number of carbonyl (C=O) groups is 1. The monoisotopic (exact) mass is 441 g/mol. The van der Waals surface area contributed by atoms with E-state index in [2.05, 4.69) is 38.3 Å². The van der Waals surface area contributed by atoms with Crippen LogP contribution in [0.1, 0.15) is 17.0 Å². The minimum absolute atomic E-state index is 0.113. The standard InChI is InChI=1S/C26H27N5O2/c1-18-13-21(19(2)31(18)23-10-11-25-20(14-23)7-6-12-27-25)16-28-29-26(32)17-33-24-9-5-8-22(15-24)30(3)4/h5-16H,17H2,1-4H3,(H,29,32)/b28-16-. The van der Waals surface area contributed by atoms with Crippen molar-refractivity contribution in [3.63, 3.8) is 0 Å². The molecule has 4 rings (SSSR count). The first-order valence-corrected chi connectivity index (χ1v) is 10.7. The van der Waals surface area contributed by atoms with E-state index in [1.807, 2.05) is 75.3 Å². The van der Waals surface area contributed by atoms with Gasteiger partial charge in [-0.2, -0.15) is 5.10 Å². The maximum Gasteiger partial charge on any atom is 0.277 e. The molecule has 2 aromatic carbocycles. The van der Waals surface area contributed by atoms with Gasteiger partial charge in [0.15, 0.2) is 6.61 Å². The van der Waals surface area contributed by atoms with Gasteiger partial charge in [-0.25, -0.2) is 5.43 Å². The molecule has 168 valence electrons. The number of ether oxygens (including phenoxy) is 1. The fraction of sp³-hybridized carbons (Fsp3) is 0.192. The summed E-state index contributed by atoms with van der Waals surface area (Å²) >= 11 is 0. The summed E-state index contributed by atoms with van der Waals surface area (Å²) in [6, 6.07) is 19.8. The molecule has 0 aliphatic carbocycles. The highest BCUT2D eigenvalue weighted by Gasteiger charge is 2.10. The van der Waals surface area contributed by atoms with E-state index in [1.54, 1.807) is 12.4 Å². The van der Waals surface area contributed by atoms with E-state index in [0.717, 1.165) is 39.2 Å². The number of nitrogens with zero attached hydrogens (tertiary/aromatic N) is 4. The Kier molecular flexibility index (Phi) is 6.40. The number of aromatic nitrogens is 2. The Morgan fingerprint density at radius 3 is 2.79 bits per heavy atom. The summed E-state index contributed by atoms with van der Waals surface area (Å²) < 4.78 is 7.74. The molecule has 0 unspecified atom stereocenters. The van der Waals surface area contributed by atoms with E-state index in [-0.39, 0.29) is 12.5 Å². The van der Waals surface area contributed by atoms with E-state index in [4.69, 9.17) is 4.74 Å². The first-order chi connectivity index (χ1) is 15.9. The largest absolute Gasteiger partial charge is 0.484 e. The zero-order valence-corrected chi connectivity index (χ0v) is 19.2. The zero-order valence-electron chi connectivity index (χ0n) is 19.2. The molecule has 2 aromatic heterocycles. The highest BCUT2D eigenvalue weighted by atomic mass is 16.5. The van der Waals surface area contributed by atoms with Gasteiger partial charge in [0.05, 0.1) is 11.7 Å². The molecular weight excluding hydrogens is 414 g/mol. The SMILES string of the molecule is Cc1cc(/C=N\NC(=O)COc2cccc(N(C)C)c2)c(C)n1-c1ccc2ncccc2c1. The topological polar surface area (TPSA) is 71.8 Å². The quantitative estimate of drug-likeness (QED) is 0.344. The minimum atomic E-state index is -0.322. The third-order valence-corrected chi connectivity index (χ3v) is 5.41. The summed E-state index contributed by atoms with van der Waals surface area (Å²) in [6.07, 6.45) is 3.45. The Bertz CT molecular complexity index is 1320. The van der Waals surface area contributed by atoms with Gasteiger partial charge in [0, 0.05) is 60.1 Å². The number of hydrazone groups is 1. The van der Waals surface area contributed by atoms with Gasteiger partial charge < -0.3 is 14.2 Å². The number of fused-ring (bicyclic) bond motifs is 1. The lowest BCUT2D eigenvalue weighted by Gasteiger charge is -2.13. The normalized spacial score (nSPS) is 11.2. The Hall–Kier alpha value is -4.13. The molecule has 1 amide bonds. The fourth-order valence-corrected chi connectivity index (χ4v) is 3.72. The zero-order chi connectivity index (χ0) is 23.4. The third kappa shape index (κ3) is 5.03. The molecule has 33 heavy (non-hydrogen) atoms. The van der Waals surface area contributed by atoms with Gasteiger partial charge in [-0.3, -0.25) is 9.78 Å². The van der Waals surface area contributed by atoms with Gasteiger partial charge >= 0.3 is 0 Å². The maximum absolute atomic E-state index is 12.2. The van der Waals surface area contributed by atoms with Crippen LogP contribution in [-0.4, -0.2) is 42.4 Å². The summed E-state index contributed by atoms with van der Waals surface area (Å²) in [6.45, 7) is 3.97. The number of rotatable bonds is 7. The van der Waals surface area contributed by atoms with Crippen molar-refractivity contribution in [3.8, 4) is 11.4 Å². The van der Waals surface area contributed by atoms with E-state index in [0.29, 0.717) is 5.75 Å². The van der Waals surface area contributed by atoms with Gasteiger partial charge in [-0.05, 0) is 56.3 Å². The molecule has 0 bridgehead atoms. The Morgan fingerprint density at radius 1 is 1.12 bits per heavy atom. The third-order valence-electron chi connectivity index (χ3n) is 5.41. The van der Waals surface area contributed by atoms with Crippen LogP contribution in [0.25, 0.3) is 16.6 Å². The summed E-state index contributed by atoms with van der Waals surface area (Å²) in [5.74, 6) is 0.312. The molecule has 2 heterocycles. The maximum atomic E-state index is 12.2. The first-order valence-electron chi connectivity index (χ1n) is 10.7. The van der Waals surface area contributed by atoms with Gasteiger partial charge in [0.25, 0.3) is 5.91 Å². The fourth-order valence-electron chi connectivity index (χ4n) is 3.72. The number of nitrogens with one attached hydrogen (secondary N) is 1. The van der Waals surface area contributed by atoms with Crippen molar-refractivity contribution in [2.45, 2.75) is 13.8 Å². The Labute approximate surface area is 193 Å². The predicted molar refractivity (Wildman–Crippen MR) is 133 cm³/mol. The van der Waals surface area contributed by atoms with Crippen molar-refractivity contribution >= 4 is 28.7 Å². The number of carbonyl (C=O) groups excluding carboxylic acids is 1. The Morgan fingerprint density at radius 2 is 1.97 bits per heavy atom. The van der Waals surface area contributed by atoms with E-state index in [1.165, 1.54) is 0 Å². The molecule has 0 atom stereocenters. The lowest BCUT2D eigenvalue weighted by Crippen LogP contribution is -2.24. The van der Waals surface area contributed by atoms with Crippen molar-refractivity contribution in [2.75, 3.05) is 25.6 Å². The molecule has 0 aliphatic heterocycles. The number of amides is 1. The minimum Gasteiger partial charge on any atom is -0.484 e. The van der Waals surface area contributed by atoms with Crippen LogP contribution in [-0.2, 0) is 4.79 Å². The van der Waals surface area contributed by atoms with Gasteiger partial charge in [0.2, 0.25) is 0 Å². The number of hydrogen-bond donors (Lipinski definition) is 1. The second-order valence-electron chi connectivity index (χ2n) is 8.02. The van der Waals surface area contributed by atoms with E-state index >= 15 is 0 Å². The average molecular weight is 442 g/mol. The molecule has 7 heteroatoms. The molecule has 7 nitrogen and oxygen atoms in total. The van der Waals surface area contributed by atoms with Crippen LogP contribution >= 0.6 is 0 Å². The van der Waals surface area contributed by atoms with Crippen LogP contribution in [0.5, 0.6) is 5.75 Å². The van der Waals surface area contributed by atoms with Crippen LogP contribution in [0, 0.1) is 13.8 Å².